The predicted octanol–water partition coefficient (Wildman–Crippen LogP) is 3.71. The Morgan fingerprint density at radius 3 is 2.74 bits per heavy atom. The number of urea groups is 1. The van der Waals surface area contributed by atoms with Crippen LogP contribution in [0.15, 0.2) is 33.3 Å². The van der Waals surface area contributed by atoms with Gasteiger partial charge in [0.25, 0.3) is 0 Å². The molecule has 7 heteroatoms. The maximum atomic E-state index is 12.4. The summed E-state index contributed by atoms with van der Waals surface area (Å²) in [6.45, 7) is 0.720. The standard InChI is InChI=1S/C16H19BrN4O2/c1-20(2)16(22)21-10-4-3-5-13(21)15-18-14(19-23-15)11-6-8-12(17)9-7-11/h6-9,13H,3-5,10H2,1-2H3/t13-/m1/s1. The van der Waals surface area contributed by atoms with Crippen molar-refractivity contribution < 1.29 is 9.32 Å². The fourth-order valence-corrected chi connectivity index (χ4v) is 3.03. The van der Waals surface area contributed by atoms with Gasteiger partial charge in [-0.25, -0.2) is 4.79 Å². The van der Waals surface area contributed by atoms with Gasteiger partial charge in [0.2, 0.25) is 11.7 Å². The van der Waals surface area contributed by atoms with Crippen LogP contribution < -0.4 is 0 Å². The third-order valence-corrected chi connectivity index (χ3v) is 4.49. The topological polar surface area (TPSA) is 62.5 Å². The molecule has 0 N–H and O–H groups in total. The fourth-order valence-electron chi connectivity index (χ4n) is 2.76. The average molecular weight is 379 g/mol. The first-order chi connectivity index (χ1) is 11.1. The van der Waals surface area contributed by atoms with Crippen LogP contribution in [-0.2, 0) is 0 Å². The Labute approximate surface area is 143 Å². The van der Waals surface area contributed by atoms with Gasteiger partial charge in [-0.05, 0) is 43.5 Å². The molecule has 0 spiro atoms. The van der Waals surface area contributed by atoms with E-state index in [0.29, 0.717) is 11.7 Å². The van der Waals surface area contributed by atoms with Crippen LogP contribution in [-0.4, -0.2) is 46.6 Å². The molecule has 0 radical (unpaired) electrons. The van der Waals surface area contributed by atoms with Gasteiger partial charge in [-0.3, -0.25) is 0 Å². The molecular weight excluding hydrogens is 360 g/mol. The first kappa shape index (κ1) is 16.0. The quantitative estimate of drug-likeness (QED) is 0.798. The van der Waals surface area contributed by atoms with Crippen molar-refractivity contribution >= 4 is 22.0 Å². The molecule has 1 aromatic carbocycles. The number of halogens is 1. The number of likely N-dealkylation sites (tertiary alicyclic amines) is 1. The van der Waals surface area contributed by atoms with E-state index in [1.165, 1.54) is 0 Å². The van der Waals surface area contributed by atoms with E-state index in [4.69, 9.17) is 4.52 Å². The van der Waals surface area contributed by atoms with Crippen molar-refractivity contribution in [1.29, 1.82) is 0 Å². The lowest BCUT2D eigenvalue weighted by Crippen LogP contribution is -2.44. The first-order valence-corrected chi connectivity index (χ1v) is 8.43. The second-order valence-electron chi connectivity index (χ2n) is 5.85. The molecule has 0 bridgehead atoms. The fraction of sp³-hybridized carbons (Fsp3) is 0.438. The van der Waals surface area contributed by atoms with Crippen LogP contribution in [0, 0.1) is 0 Å². The van der Waals surface area contributed by atoms with E-state index in [2.05, 4.69) is 26.1 Å². The molecule has 122 valence electrons. The summed E-state index contributed by atoms with van der Waals surface area (Å²) in [4.78, 5) is 20.3. The minimum absolute atomic E-state index is 0.0157. The van der Waals surface area contributed by atoms with Crippen molar-refractivity contribution in [3.63, 3.8) is 0 Å². The third kappa shape index (κ3) is 3.39. The minimum atomic E-state index is -0.143. The zero-order chi connectivity index (χ0) is 16.4. The Hall–Kier alpha value is -1.89. The number of carbonyl (C=O) groups excluding carboxylic acids is 1. The molecule has 0 saturated carbocycles. The number of carbonyl (C=O) groups is 1. The molecule has 0 unspecified atom stereocenters. The Morgan fingerprint density at radius 2 is 2.04 bits per heavy atom. The van der Waals surface area contributed by atoms with Gasteiger partial charge in [0.1, 0.15) is 6.04 Å². The lowest BCUT2D eigenvalue weighted by atomic mass is 10.0. The molecule has 1 aliphatic heterocycles. The molecule has 0 aliphatic carbocycles. The number of piperidine rings is 1. The number of hydrogen-bond acceptors (Lipinski definition) is 4. The van der Waals surface area contributed by atoms with Crippen LogP contribution in [0.25, 0.3) is 11.4 Å². The van der Waals surface area contributed by atoms with E-state index >= 15 is 0 Å². The van der Waals surface area contributed by atoms with Crippen molar-refractivity contribution in [3.8, 4) is 11.4 Å². The number of amides is 2. The maximum Gasteiger partial charge on any atom is 0.320 e. The second kappa shape index (κ2) is 6.70. The lowest BCUT2D eigenvalue weighted by molar-refractivity contribution is 0.113. The van der Waals surface area contributed by atoms with Gasteiger partial charge in [-0.15, -0.1) is 0 Å². The smallest absolute Gasteiger partial charge is 0.320 e. The summed E-state index contributed by atoms with van der Waals surface area (Å²) < 4.78 is 6.46. The predicted molar refractivity (Wildman–Crippen MR) is 89.8 cm³/mol. The third-order valence-electron chi connectivity index (χ3n) is 3.96. The summed E-state index contributed by atoms with van der Waals surface area (Å²) in [5.74, 6) is 1.06. The highest BCUT2D eigenvalue weighted by Gasteiger charge is 2.33. The largest absolute Gasteiger partial charge is 0.337 e. The molecule has 3 rings (SSSR count). The number of nitrogens with zero attached hydrogens (tertiary/aromatic N) is 4. The molecule has 2 amide bonds. The van der Waals surface area contributed by atoms with Gasteiger partial charge in [-0.1, -0.05) is 21.1 Å². The summed E-state index contributed by atoms with van der Waals surface area (Å²) in [7, 11) is 3.52. The molecule has 2 heterocycles. The number of aromatic nitrogens is 2. The SMILES string of the molecule is CN(C)C(=O)N1CCCC[C@@H]1c1nc(-c2ccc(Br)cc2)no1. The summed E-state index contributed by atoms with van der Waals surface area (Å²) >= 11 is 3.41. The highest BCUT2D eigenvalue weighted by Crippen LogP contribution is 2.31. The van der Waals surface area contributed by atoms with Crippen molar-refractivity contribution in [1.82, 2.24) is 19.9 Å². The highest BCUT2D eigenvalue weighted by atomic mass is 79.9. The van der Waals surface area contributed by atoms with Gasteiger partial charge in [0.05, 0.1) is 0 Å². The van der Waals surface area contributed by atoms with E-state index in [9.17, 15) is 4.79 Å². The van der Waals surface area contributed by atoms with E-state index < -0.39 is 0 Å². The molecule has 1 aromatic heterocycles. The summed E-state index contributed by atoms with van der Waals surface area (Å²) in [6.07, 6.45) is 2.91. The molecule has 1 atom stereocenters. The van der Waals surface area contributed by atoms with Crippen LogP contribution in [0.2, 0.25) is 0 Å². The number of hydrogen-bond donors (Lipinski definition) is 0. The summed E-state index contributed by atoms with van der Waals surface area (Å²) in [5.41, 5.74) is 0.893. The van der Waals surface area contributed by atoms with Crippen LogP contribution in [0.1, 0.15) is 31.2 Å². The monoisotopic (exact) mass is 378 g/mol. The average Bonchev–Trinajstić information content (AvgIpc) is 3.04. The molecule has 1 saturated heterocycles. The summed E-state index contributed by atoms with van der Waals surface area (Å²) in [6, 6.07) is 7.58. The van der Waals surface area contributed by atoms with Crippen LogP contribution in [0.3, 0.4) is 0 Å². The van der Waals surface area contributed by atoms with Gasteiger partial charge in [0, 0.05) is 30.7 Å². The van der Waals surface area contributed by atoms with Crippen molar-refractivity contribution in [2.75, 3.05) is 20.6 Å². The highest BCUT2D eigenvalue weighted by molar-refractivity contribution is 9.10. The van der Waals surface area contributed by atoms with E-state index in [1.54, 1.807) is 19.0 Å². The number of benzene rings is 1. The van der Waals surface area contributed by atoms with Crippen molar-refractivity contribution in [2.45, 2.75) is 25.3 Å². The Bertz CT molecular complexity index is 684. The zero-order valence-electron chi connectivity index (χ0n) is 13.2. The maximum absolute atomic E-state index is 12.4. The van der Waals surface area contributed by atoms with Crippen molar-refractivity contribution in [3.05, 3.63) is 34.6 Å². The molecule has 2 aromatic rings. The Morgan fingerprint density at radius 1 is 1.30 bits per heavy atom. The molecule has 6 nitrogen and oxygen atoms in total. The van der Waals surface area contributed by atoms with Gasteiger partial charge < -0.3 is 14.3 Å². The Kier molecular flexibility index (Phi) is 4.66. The van der Waals surface area contributed by atoms with Crippen LogP contribution in [0.4, 0.5) is 4.79 Å². The zero-order valence-corrected chi connectivity index (χ0v) is 14.8. The van der Waals surface area contributed by atoms with Gasteiger partial charge in [0.15, 0.2) is 0 Å². The molecule has 1 aliphatic rings. The lowest BCUT2D eigenvalue weighted by Gasteiger charge is -2.35. The molecule has 23 heavy (non-hydrogen) atoms. The second-order valence-corrected chi connectivity index (χ2v) is 6.76. The van der Waals surface area contributed by atoms with Crippen LogP contribution >= 0.6 is 15.9 Å². The van der Waals surface area contributed by atoms with Crippen LogP contribution in [0.5, 0.6) is 0 Å². The molecule has 1 fully saturated rings. The number of rotatable bonds is 2. The Balaban J connectivity index is 1.85. The van der Waals surface area contributed by atoms with Gasteiger partial charge >= 0.3 is 6.03 Å². The van der Waals surface area contributed by atoms with E-state index in [0.717, 1.165) is 35.8 Å². The van der Waals surface area contributed by atoms with Gasteiger partial charge in [-0.2, -0.15) is 4.98 Å². The van der Waals surface area contributed by atoms with E-state index in [1.807, 2.05) is 29.2 Å². The molecular formula is C16H19BrN4O2. The van der Waals surface area contributed by atoms with Crippen molar-refractivity contribution in [2.24, 2.45) is 0 Å². The minimum Gasteiger partial charge on any atom is -0.337 e. The normalized spacial score (nSPS) is 18.0. The first-order valence-electron chi connectivity index (χ1n) is 7.63. The summed E-state index contributed by atoms with van der Waals surface area (Å²) in [5, 5.41) is 4.08. The van der Waals surface area contributed by atoms with E-state index in [-0.39, 0.29) is 12.1 Å².